The molecular formula is C18H25BN2O5. The predicted molar refractivity (Wildman–Crippen MR) is 96.8 cm³/mol. The van der Waals surface area contributed by atoms with Gasteiger partial charge in [0.15, 0.2) is 0 Å². The number of nitrogens with two attached hydrogens (primary N) is 1. The zero-order valence-corrected chi connectivity index (χ0v) is 14.7. The van der Waals surface area contributed by atoms with E-state index in [1.54, 1.807) is 12.1 Å². The minimum atomic E-state index is -1.26. The molecule has 1 aromatic carbocycles. The van der Waals surface area contributed by atoms with Gasteiger partial charge >= 0.3 is 13.1 Å². The maximum Gasteiger partial charge on any atom is 0.547 e. The monoisotopic (exact) mass is 360 g/mol. The van der Waals surface area contributed by atoms with Gasteiger partial charge in [0, 0.05) is 6.42 Å². The first-order chi connectivity index (χ1) is 12.5. The standard InChI is InChI=1S/C18H25BN2O5/c20-10-12-6-4-11(5-7-12)8-16(22)21-15-9-13-2-1-3-14(18(23)24)17(13)26-19(15)25/h1-3,11-12,15,25H,4-10,20H2,(H,21,22)(H,23,24)/t11-,12-,15-/m0/s1. The van der Waals surface area contributed by atoms with Crippen LogP contribution in [0.2, 0.25) is 0 Å². The van der Waals surface area contributed by atoms with E-state index >= 15 is 0 Å². The minimum Gasteiger partial charge on any atom is -0.534 e. The van der Waals surface area contributed by atoms with E-state index in [1.165, 1.54) is 6.07 Å². The van der Waals surface area contributed by atoms with Crippen LogP contribution in [0.1, 0.15) is 48.0 Å². The molecule has 0 bridgehead atoms. The maximum absolute atomic E-state index is 12.4. The summed E-state index contributed by atoms with van der Waals surface area (Å²) in [4.78, 5) is 23.6. The summed E-state index contributed by atoms with van der Waals surface area (Å²) in [5.74, 6) is -0.693. The van der Waals surface area contributed by atoms with E-state index in [1.807, 2.05) is 0 Å². The van der Waals surface area contributed by atoms with Gasteiger partial charge in [0.05, 0.1) is 11.5 Å². The van der Waals surface area contributed by atoms with Crippen molar-refractivity contribution in [3.8, 4) is 5.75 Å². The molecule has 5 N–H and O–H groups in total. The summed E-state index contributed by atoms with van der Waals surface area (Å²) in [6.07, 6.45) is 4.91. The number of carbonyl (C=O) groups excluding carboxylic acids is 1. The highest BCUT2D eigenvalue weighted by Crippen LogP contribution is 2.31. The molecule has 1 aromatic rings. The van der Waals surface area contributed by atoms with Crippen molar-refractivity contribution in [2.45, 2.75) is 44.5 Å². The van der Waals surface area contributed by atoms with Gasteiger partial charge in [0.25, 0.3) is 0 Å². The molecule has 1 aliphatic carbocycles. The summed E-state index contributed by atoms with van der Waals surface area (Å²) in [6, 6.07) is 4.82. The SMILES string of the molecule is NC[C@H]1CC[C@H](CC(=O)N[C@H]2Cc3cccc(C(=O)O)c3OB2O)CC1. The summed E-state index contributed by atoms with van der Waals surface area (Å²) in [6.45, 7) is 0.711. The van der Waals surface area contributed by atoms with Crippen molar-refractivity contribution in [2.75, 3.05) is 6.54 Å². The van der Waals surface area contributed by atoms with Gasteiger partial charge in [-0.05, 0) is 62.1 Å². The molecule has 2 aliphatic rings. The highest BCUT2D eigenvalue weighted by Gasteiger charge is 2.38. The molecule has 3 rings (SSSR count). The number of aromatic carboxylic acids is 1. The second-order valence-electron chi connectivity index (χ2n) is 7.31. The molecule has 0 radical (unpaired) electrons. The fraction of sp³-hybridized carbons (Fsp3) is 0.556. The number of hydrogen-bond acceptors (Lipinski definition) is 5. The third-order valence-electron chi connectivity index (χ3n) is 5.47. The first kappa shape index (κ1) is 18.7. The fourth-order valence-corrected chi connectivity index (χ4v) is 3.92. The Labute approximate surface area is 153 Å². The first-order valence-corrected chi connectivity index (χ1v) is 9.17. The molecule has 1 fully saturated rings. The van der Waals surface area contributed by atoms with Crippen LogP contribution >= 0.6 is 0 Å². The normalized spacial score (nSPS) is 25.2. The number of carboxylic acid groups (broad SMARTS) is 1. The number of nitrogens with one attached hydrogen (secondary N) is 1. The second-order valence-corrected chi connectivity index (χ2v) is 7.31. The zero-order valence-electron chi connectivity index (χ0n) is 14.7. The summed E-state index contributed by atoms with van der Waals surface area (Å²) in [7, 11) is -1.26. The molecule has 1 amide bonds. The third-order valence-corrected chi connectivity index (χ3v) is 5.47. The van der Waals surface area contributed by atoms with Crippen molar-refractivity contribution < 1.29 is 24.4 Å². The van der Waals surface area contributed by atoms with E-state index in [0.29, 0.717) is 36.8 Å². The molecule has 1 atom stereocenters. The quantitative estimate of drug-likeness (QED) is 0.581. The van der Waals surface area contributed by atoms with Crippen molar-refractivity contribution in [1.82, 2.24) is 5.32 Å². The molecule has 1 aliphatic heterocycles. The van der Waals surface area contributed by atoms with Crippen molar-refractivity contribution in [2.24, 2.45) is 17.6 Å². The van der Waals surface area contributed by atoms with Crippen LogP contribution in [0.4, 0.5) is 0 Å². The van der Waals surface area contributed by atoms with Crippen LogP contribution in [0, 0.1) is 11.8 Å². The highest BCUT2D eigenvalue weighted by molar-refractivity contribution is 6.47. The van der Waals surface area contributed by atoms with Crippen LogP contribution in [0.25, 0.3) is 0 Å². The fourth-order valence-electron chi connectivity index (χ4n) is 3.92. The van der Waals surface area contributed by atoms with Crippen molar-refractivity contribution in [3.05, 3.63) is 29.3 Å². The van der Waals surface area contributed by atoms with Crippen LogP contribution in [-0.4, -0.2) is 41.6 Å². The lowest BCUT2D eigenvalue weighted by molar-refractivity contribution is -0.122. The molecule has 0 aromatic heterocycles. The number of carbonyl (C=O) groups is 2. The minimum absolute atomic E-state index is 0.0167. The number of rotatable bonds is 5. The van der Waals surface area contributed by atoms with Crippen molar-refractivity contribution in [3.63, 3.8) is 0 Å². The summed E-state index contributed by atoms with van der Waals surface area (Å²) in [5, 5.41) is 22.3. The number of amides is 1. The molecule has 8 heteroatoms. The van der Waals surface area contributed by atoms with Gasteiger partial charge in [-0.15, -0.1) is 0 Å². The molecule has 0 spiro atoms. The lowest BCUT2D eigenvalue weighted by atomic mass is 9.72. The van der Waals surface area contributed by atoms with E-state index in [4.69, 9.17) is 10.4 Å². The Bertz CT molecular complexity index is 676. The number of benzene rings is 1. The Morgan fingerprint density at radius 2 is 1.92 bits per heavy atom. The van der Waals surface area contributed by atoms with Crippen LogP contribution in [0.15, 0.2) is 18.2 Å². The Morgan fingerprint density at radius 1 is 1.23 bits per heavy atom. The predicted octanol–water partition coefficient (Wildman–Crippen LogP) is 0.979. The lowest BCUT2D eigenvalue weighted by Gasteiger charge is -2.30. The van der Waals surface area contributed by atoms with E-state index in [-0.39, 0.29) is 17.2 Å². The van der Waals surface area contributed by atoms with Crippen molar-refractivity contribution in [1.29, 1.82) is 0 Å². The average Bonchev–Trinajstić information content (AvgIpc) is 2.62. The number of carboxylic acids is 1. The number of para-hydroxylation sites is 1. The van der Waals surface area contributed by atoms with Crippen LogP contribution in [-0.2, 0) is 11.2 Å². The van der Waals surface area contributed by atoms with Crippen LogP contribution < -0.4 is 15.7 Å². The van der Waals surface area contributed by atoms with E-state index < -0.39 is 19.0 Å². The van der Waals surface area contributed by atoms with Gasteiger partial charge in [-0.25, -0.2) is 4.79 Å². The molecule has 1 saturated carbocycles. The summed E-state index contributed by atoms with van der Waals surface area (Å²) < 4.78 is 5.40. The van der Waals surface area contributed by atoms with Gasteiger partial charge in [-0.2, -0.15) is 0 Å². The molecule has 0 saturated heterocycles. The van der Waals surface area contributed by atoms with Gasteiger partial charge in [0.2, 0.25) is 5.91 Å². The smallest absolute Gasteiger partial charge is 0.534 e. The molecule has 26 heavy (non-hydrogen) atoms. The molecular weight excluding hydrogens is 335 g/mol. The summed E-state index contributed by atoms with van der Waals surface area (Å²) in [5.41, 5.74) is 6.39. The lowest BCUT2D eigenvalue weighted by Crippen LogP contribution is -2.53. The van der Waals surface area contributed by atoms with Crippen LogP contribution in [0.3, 0.4) is 0 Å². The molecule has 7 nitrogen and oxygen atoms in total. The Hall–Kier alpha value is -2.06. The van der Waals surface area contributed by atoms with Gasteiger partial charge < -0.3 is 25.8 Å². The van der Waals surface area contributed by atoms with E-state index in [9.17, 15) is 19.7 Å². The molecule has 0 unspecified atom stereocenters. The van der Waals surface area contributed by atoms with Gasteiger partial charge in [-0.1, -0.05) is 12.1 Å². The molecule has 1 heterocycles. The van der Waals surface area contributed by atoms with Gasteiger partial charge in [0.1, 0.15) is 5.75 Å². The van der Waals surface area contributed by atoms with Gasteiger partial charge in [-0.3, -0.25) is 4.79 Å². The topological polar surface area (TPSA) is 122 Å². The van der Waals surface area contributed by atoms with Crippen molar-refractivity contribution >= 4 is 19.0 Å². The third kappa shape index (κ3) is 4.19. The molecule has 140 valence electrons. The first-order valence-electron chi connectivity index (χ1n) is 9.17. The Kier molecular flexibility index (Phi) is 5.83. The highest BCUT2D eigenvalue weighted by atomic mass is 16.5. The Morgan fingerprint density at radius 3 is 2.58 bits per heavy atom. The van der Waals surface area contributed by atoms with E-state index in [2.05, 4.69) is 5.32 Å². The zero-order chi connectivity index (χ0) is 18.7. The largest absolute Gasteiger partial charge is 0.547 e. The number of fused-ring (bicyclic) bond motifs is 1. The Balaban J connectivity index is 1.58. The maximum atomic E-state index is 12.4. The second kappa shape index (κ2) is 8.10. The van der Waals surface area contributed by atoms with Crippen LogP contribution in [0.5, 0.6) is 5.75 Å². The number of hydrogen-bond donors (Lipinski definition) is 4. The summed E-state index contributed by atoms with van der Waals surface area (Å²) >= 11 is 0. The average molecular weight is 360 g/mol. The van der Waals surface area contributed by atoms with E-state index in [0.717, 1.165) is 25.7 Å².